The Balaban J connectivity index is 1.62. The quantitative estimate of drug-likeness (QED) is 0.565. The third-order valence-corrected chi connectivity index (χ3v) is 4.39. The number of allylic oxidation sites excluding steroid dienone is 2. The van der Waals surface area contributed by atoms with Gasteiger partial charge in [-0.2, -0.15) is 0 Å². The third kappa shape index (κ3) is 3.87. The molecule has 0 unspecified atom stereocenters. The van der Waals surface area contributed by atoms with E-state index in [1.54, 1.807) is 4.90 Å². The fourth-order valence-corrected chi connectivity index (χ4v) is 3.18. The Morgan fingerprint density at radius 3 is 2.64 bits per heavy atom. The molecule has 6 nitrogen and oxygen atoms in total. The molecule has 2 saturated heterocycles. The van der Waals surface area contributed by atoms with Crippen molar-refractivity contribution < 1.29 is 23.8 Å². The van der Waals surface area contributed by atoms with E-state index < -0.39 is 6.10 Å². The smallest absolute Gasteiger partial charge is 0.306 e. The van der Waals surface area contributed by atoms with Crippen molar-refractivity contribution in [2.24, 2.45) is 5.92 Å². The zero-order valence-corrected chi connectivity index (χ0v) is 12.7. The maximum absolute atomic E-state index is 12.7. The molecule has 2 fully saturated rings. The van der Waals surface area contributed by atoms with Crippen LogP contribution in [0.1, 0.15) is 32.1 Å². The summed E-state index contributed by atoms with van der Waals surface area (Å²) in [6.07, 6.45) is 7.30. The molecule has 0 N–H and O–H groups in total. The summed E-state index contributed by atoms with van der Waals surface area (Å²) in [7, 11) is 0. The molecular formula is C16H23NO5. The van der Waals surface area contributed by atoms with Crippen LogP contribution < -0.4 is 0 Å². The highest BCUT2D eigenvalue weighted by molar-refractivity contribution is 5.86. The Bertz CT molecular complexity index is 444. The van der Waals surface area contributed by atoms with Crippen molar-refractivity contribution in [1.82, 2.24) is 4.90 Å². The molecule has 6 heteroatoms. The monoisotopic (exact) mass is 309 g/mol. The molecule has 2 heterocycles. The van der Waals surface area contributed by atoms with Gasteiger partial charge in [-0.1, -0.05) is 12.2 Å². The summed E-state index contributed by atoms with van der Waals surface area (Å²) >= 11 is 0. The number of hydrogen-bond acceptors (Lipinski definition) is 5. The Morgan fingerprint density at radius 2 is 2.00 bits per heavy atom. The number of nitrogens with zero attached hydrogens (tertiary/aromatic N) is 1. The highest BCUT2D eigenvalue weighted by Gasteiger charge is 2.35. The van der Waals surface area contributed by atoms with Crippen molar-refractivity contribution in [3.63, 3.8) is 0 Å². The lowest BCUT2D eigenvalue weighted by Gasteiger charge is -2.31. The van der Waals surface area contributed by atoms with Gasteiger partial charge >= 0.3 is 5.97 Å². The Hall–Kier alpha value is -1.40. The molecule has 0 radical (unpaired) electrons. The Kier molecular flexibility index (Phi) is 5.10. The maximum atomic E-state index is 12.7. The van der Waals surface area contributed by atoms with Crippen LogP contribution in [0.2, 0.25) is 0 Å². The van der Waals surface area contributed by atoms with Gasteiger partial charge in [-0.3, -0.25) is 9.59 Å². The van der Waals surface area contributed by atoms with Crippen LogP contribution >= 0.6 is 0 Å². The third-order valence-electron chi connectivity index (χ3n) is 4.39. The van der Waals surface area contributed by atoms with Crippen LogP contribution in [0.15, 0.2) is 12.2 Å². The fourth-order valence-electron chi connectivity index (χ4n) is 3.18. The Labute approximate surface area is 130 Å². The van der Waals surface area contributed by atoms with Crippen LogP contribution in [0.3, 0.4) is 0 Å². The molecule has 0 aromatic rings. The van der Waals surface area contributed by atoms with E-state index in [1.165, 1.54) is 0 Å². The molecular weight excluding hydrogens is 286 g/mol. The highest BCUT2D eigenvalue weighted by atomic mass is 16.7. The lowest BCUT2D eigenvalue weighted by Crippen LogP contribution is -2.45. The predicted octanol–water partition coefficient (Wildman–Crippen LogP) is 1.25. The zero-order chi connectivity index (χ0) is 15.4. The van der Waals surface area contributed by atoms with Crippen LogP contribution in [0.5, 0.6) is 0 Å². The van der Waals surface area contributed by atoms with Crippen LogP contribution in [-0.2, 0) is 23.8 Å². The van der Waals surface area contributed by atoms with Gasteiger partial charge in [0.25, 0.3) is 5.91 Å². The van der Waals surface area contributed by atoms with Gasteiger partial charge in [0.2, 0.25) is 0 Å². The maximum Gasteiger partial charge on any atom is 0.306 e. The summed E-state index contributed by atoms with van der Waals surface area (Å²) in [5.74, 6) is 0.0548. The van der Waals surface area contributed by atoms with Gasteiger partial charge in [-0.15, -0.1) is 0 Å². The summed E-state index contributed by atoms with van der Waals surface area (Å²) in [5, 5.41) is 0. The first-order chi connectivity index (χ1) is 10.7. The number of amides is 1. The topological polar surface area (TPSA) is 65.1 Å². The van der Waals surface area contributed by atoms with Crippen molar-refractivity contribution in [3.05, 3.63) is 12.2 Å². The minimum atomic E-state index is -0.631. The first-order valence-electron chi connectivity index (χ1n) is 8.09. The van der Waals surface area contributed by atoms with Gasteiger partial charge in [0, 0.05) is 19.4 Å². The lowest BCUT2D eigenvalue weighted by molar-refractivity contribution is -0.156. The minimum absolute atomic E-state index is 0.112. The van der Waals surface area contributed by atoms with Crippen LogP contribution in [-0.4, -0.2) is 55.5 Å². The van der Waals surface area contributed by atoms with Crippen molar-refractivity contribution in [2.45, 2.75) is 44.5 Å². The normalized spacial score (nSPS) is 28.8. The number of ether oxygens (including phenoxy) is 3. The van der Waals surface area contributed by atoms with E-state index >= 15 is 0 Å². The Morgan fingerprint density at radius 1 is 1.18 bits per heavy atom. The zero-order valence-electron chi connectivity index (χ0n) is 12.7. The van der Waals surface area contributed by atoms with Gasteiger partial charge in [0.1, 0.15) is 0 Å². The molecule has 2 atom stereocenters. The second-order valence-electron chi connectivity index (χ2n) is 6.08. The van der Waals surface area contributed by atoms with Crippen molar-refractivity contribution in [1.29, 1.82) is 0 Å². The van der Waals surface area contributed by atoms with E-state index in [0.29, 0.717) is 45.1 Å². The number of rotatable bonds is 5. The summed E-state index contributed by atoms with van der Waals surface area (Å²) in [6.45, 7) is 2.21. The van der Waals surface area contributed by atoms with Crippen LogP contribution in [0.4, 0.5) is 0 Å². The molecule has 0 aromatic heterocycles. The van der Waals surface area contributed by atoms with Crippen molar-refractivity contribution in [3.8, 4) is 0 Å². The van der Waals surface area contributed by atoms with Crippen LogP contribution in [0.25, 0.3) is 0 Å². The summed E-state index contributed by atoms with van der Waals surface area (Å²) < 4.78 is 16.1. The number of esters is 1. The van der Waals surface area contributed by atoms with E-state index in [1.807, 2.05) is 0 Å². The molecule has 22 heavy (non-hydrogen) atoms. The van der Waals surface area contributed by atoms with Gasteiger partial charge in [-0.25, -0.2) is 0 Å². The predicted molar refractivity (Wildman–Crippen MR) is 77.9 cm³/mol. The van der Waals surface area contributed by atoms with Gasteiger partial charge in [0.15, 0.2) is 12.4 Å². The molecule has 2 aliphatic heterocycles. The van der Waals surface area contributed by atoms with E-state index in [-0.39, 0.29) is 18.2 Å². The SMILES string of the molecule is O=C1CC[C@H](C(=O)N(CC2OCCO2)C[C@H]2CC=CCC2)O1. The second-order valence-corrected chi connectivity index (χ2v) is 6.08. The lowest BCUT2D eigenvalue weighted by atomic mass is 9.93. The molecule has 0 saturated carbocycles. The summed E-state index contributed by atoms with van der Waals surface area (Å²) in [6, 6.07) is 0. The number of carbonyl (C=O) groups excluding carboxylic acids is 2. The van der Waals surface area contributed by atoms with E-state index in [9.17, 15) is 9.59 Å². The molecule has 122 valence electrons. The molecule has 3 aliphatic rings. The molecule has 1 amide bonds. The summed E-state index contributed by atoms with van der Waals surface area (Å²) in [5.41, 5.74) is 0. The second kappa shape index (κ2) is 7.24. The molecule has 0 aromatic carbocycles. The van der Waals surface area contributed by atoms with E-state index in [4.69, 9.17) is 14.2 Å². The molecule has 1 aliphatic carbocycles. The highest BCUT2D eigenvalue weighted by Crippen LogP contribution is 2.23. The average Bonchev–Trinajstić information content (AvgIpc) is 3.18. The summed E-state index contributed by atoms with van der Waals surface area (Å²) in [4.78, 5) is 25.7. The van der Waals surface area contributed by atoms with E-state index in [2.05, 4.69) is 12.2 Å². The number of cyclic esters (lactones) is 1. The first-order valence-corrected chi connectivity index (χ1v) is 8.09. The van der Waals surface area contributed by atoms with Gasteiger partial charge in [0.05, 0.1) is 19.8 Å². The van der Waals surface area contributed by atoms with Gasteiger partial charge < -0.3 is 19.1 Å². The van der Waals surface area contributed by atoms with Crippen LogP contribution in [0, 0.1) is 5.92 Å². The molecule has 0 spiro atoms. The fraction of sp³-hybridized carbons (Fsp3) is 0.750. The standard InChI is InChI=1S/C16H23NO5/c18-14-7-6-13(22-14)16(19)17(11-15-20-8-9-21-15)10-12-4-2-1-3-5-12/h1-2,12-13,15H,3-11H2/t12-,13+/m0/s1. The molecule has 3 rings (SSSR count). The average molecular weight is 309 g/mol. The van der Waals surface area contributed by atoms with Crippen molar-refractivity contribution in [2.75, 3.05) is 26.3 Å². The molecule has 0 bridgehead atoms. The minimum Gasteiger partial charge on any atom is -0.452 e. The number of hydrogen-bond donors (Lipinski definition) is 0. The van der Waals surface area contributed by atoms with Crippen molar-refractivity contribution >= 4 is 11.9 Å². The first kappa shape index (κ1) is 15.5. The van der Waals surface area contributed by atoms with E-state index in [0.717, 1.165) is 19.3 Å². The number of carbonyl (C=O) groups is 2. The largest absolute Gasteiger partial charge is 0.452 e. The van der Waals surface area contributed by atoms with Gasteiger partial charge in [-0.05, 0) is 25.2 Å².